The van der Waals surface area contributed by atoms with Crippen LogP contribution in [-0.4, -0.2) is 18.0 Å². The van der Waals surface area contributed by atoms with Crippen LogP contribution in [0.3, 0.4) is 0 Å². The number of hydrogen-bond acceptors (Lipinski definition) is 3. The largest absolute Gasteiger partial charge is 0.354 e. The monoisotopic (exact) mass is 167 g/mol. The Morgan fingerprint density at radius 1 is 1.67 bits per heavy atom. The van der Waals surface area contributed by atoms with Gasteiger partial charge in [-0.05, 0) is 19.3 Å². The van der Waals surface area contributed by atoms with Crippen LogP contribution in [0, 0.1) is 11.3 Å². The van der Waals surface area contributed by atoms with Gasteiger partial charge in [-0.3, -0.25) is 4.79 Å². The SMILES string of the molecule is N#CCCCNC(=O)C1(N)CC1. The summed E-state index contributed by atoms with van der Waals surface area (Å²) in [4.78, 5) is 11.2. The normalized spacial score (nSPS) is 18.0. The summed E-state index contributed by atoms with van der Waals surface area (Å²) in [7, 11) is 0. The Balaban J connectivity index is 2.08. The molecule has 4 heteroatoms. The minimum Gasteiger partial charge on any atom is -0.354 e. The van der Waals surface area contributed by atoms with Crippen molar-refractivity contribution in [3.05, 3.63) is 0 Å². The highest BCUT2D eigenvalue weighted by Gasteiger charge is 2.45. The van der Waals surface area contributed by atoms with E-state index in [0.29, 0.717) is 19.4 Å². The number of nitrogens with two attached hydrogens (primary N) is 1. The molecule has 0 atom stereocenters. The van der Waals surface area contributed by atoms with E-state index in [-0.39, 0.29) is 5.91 Å². The summed E-state index contributed by atoms with van der Waals surface area (Å²) in [6.45, 7) is 0.561. The van der Waals surface area contributed by atoms with Crippen LogP contribution in [-0.2, 0) is 4.79 Å². The fourth-order valence-corrected chi connectivity index (χ4v) is 0.907. The summed E-state index contributed by atoms with van der Waals surface area (Å²) in [5.41, 5.74) is 5.05. The van der Waals surface area contributed by atoms with E-state index in [4.69, 9.17) is 11.0 Å². The molecule has 12 heavy (non-hydrogen) atoms. The third-order valence-corrected chi connectivity index (χ3v) is 1.99. The van der Waals surface area contributed by atoms with Crippen molar-refractivity contribution in [2.45, 2.75) is 31.2 Å². The Morgan fingerprint density at radius 3 is 2.83 bits per heavy atom. The van der Waals surface area contributed by atoms with Gasteiger partial charge in [-0.15, -0.1) is 0 Å². The van der Waals surface area contributed by atoms with Crippen LogP contribution in [0.25, 0.3) is 0 Å². The summed E-state index contributed by atoms with van der Waals surface area (Å²) in [6.07, 6.45) is 2.77. The average Bonchev–Trinajstić information content (AvgIpc) is 2.78. The summed E-state index contributed by atoms with van der Waals surface area (Å²) in [5, 5.41) is 10.9. The first-order chi connectivity index (χ1) is 5.69. The summed E-state index contributed by atoms with van der Waals surface area (Å²) < 4.78 is 0. The molecular formula is C8H13N3O. The second-order valence-corrected chi connectivity index (χ2v) is 3.17. The molecule has 0 unspecified atom stereocenters. The number of nitrogens with one attached hydrogen (secondary N) is 1. The fourth-order valence-electron chi connectivity index (χ4n) is 0.907. The molecule has 66 valence electrons. The Bertz CT molecular complexity index is 215. The summed E-state index contributed by atoms with van der Waals surface area (Å²) in [6, 6.07) is 2.01. The lowest BCUT2D eigenvalue weighted by atomic mass is 10.2. The number of amides is 1. The van der Waals surface area contributed by atoms with Gasteiger partial charge >= 0.3 is 0 Å². The van der Waals surface area contributed by atoms with E-state index in [1.54, 1.807) is 0 Å². The van der Waals surface area contributed by atoms with E-state index in [9.17, 15) is 4.79 Å². The molecule has 0 saturated heterocycles. The molecule has 0 aromatic rings. The van der Waals surface area contributed by atoms with Gasteiger partial charge in [0.05, 0.1) is 11.6 Å². The smallest absolute Gasteiger partial charge is 0.240 e. The number of unbranched alkanes of at least 4 members (excludes halogenated alkanes) is 1. The molecule has 1 saturated carbocycles. The number of nitriles is 1. The minimum absolute atomic E-state index is 0.0690. The van der Waals surface area contributed by atoms with Crippen LogP contribution < -0.4 is 11.1 Å². The van der Waals surface area contributed by atoms with Crippen molar-refractivity contribution in [1.82, 2.24) is 5.32 Å². The highest BCUT2D eigenvalue weighted by Crippen LogP contribution is 2.31. The van der Waals surface area contributed by atoms with Crippen LogP contribution in [0.15, 0.2) is 0 Å². The Kier molecular flexibility index (Phi) is 2.66. The maximum atomic E-state index is 11.2. The van der Waals surface area contributed by atoms with Crippen molar-refractivity contribution >= 4 is 5.91 Å². The zero-order chi connectivity index (χ0) is 9.03. The number of hydrogen-bond donors (Lipinski definition) is 2. The molecule has 1 amide bonds. The van der Waals surface area contributed by atoms with Crippen LogP contribution in [0.2, 0.25) is 0 Å². The highest BCUT2D eigenvalue weighted by atomic mass is 16.2. The Labute approximate surface area is 71.7 Å². The molecule has 1 aliphatic carbocycles. The molecule has 0 aromatic heterocycles. The van der Waals surface area contributed by atoms with Gasteiger partial charge in [0, 0.05) is 13.0 Å². The van der Waals surface area contributed by atoms with E-state index in [1.165, 1.54) is 0 Å². The molecule has 0 bridgehead atoms. The first kappa shape index (κ1) is 9.01. The number of carbonyl (C=O) groups is 1. The molecule has 0 radical (unpaired) electrons. The first-order valence-electron chi connectivity index (χ1n) is 4.13. The predicted octanol–water partition coefficient (Wildman–Crippen LogP) is -0.102. The van der Waals surface area contributed by atoms with Crippen molar-refractivity contribution in [3.63, 3.8) is 0 Å². The lowest BCUT2D eigenvalue weighted by molar-refractivity contribution is -0.123. The average molecular weight is 167 g/mol. The minimum atomic E-state index is -0.577. The van der Waals surface area contributed by atoms with E-state index in [0.717, 1.165) is 12.8 Å². The zero-order valence-corrected chi connectivity index (χ0v) is 6.97. The van der Waals surface area contributed by atoms with Gasteiger partial charge in [0.2, 0.25) is 5.91 Å². The quantitative estimate of drug-likeness (QED) is 0.574. The van der Waals surface area contributed by atoms with E-state index in [2.05, 4.69) is 5.32 Å². The number of rotatable bonds is 4. The van der Waals surface area contributed by atoms with Crippen LogP contribution in [0.4, 0.5) is 0 Å². The van der Waals surface area contributed by atoms with Crippen molar-refractivity contribution in [3.8, 4) is 6.07 Å². The van der Waals surface area contributed by atoms with Crippen molar-refractivity contribution in [2.75, 3.05) is 6.54 Å². The first-order valence-corrected chi connectivity index (χ1v) is 4.13. The Morgan fingerprint density at radius 2 is 2.33 bits per heavy atom. The van der Waals surface area contributed by atoms with Gasteiger partial charge in [0.25, 0.3) is 0 Å². The van der Waals surface area contributed by atoms with E-state index in [1.807, 2.05) is 6.07 Å². The topological polar surface area (TPSA) is 78.9 Å². The van der Waals surface area contributed by atoms with Crippen LogP contribution >= 0.6 is 0 Å². The second kappa shape index (κ2) is 3.55. The van der Waals surface area contributed by atoms with Crippen molar-refractivity contribution in [2.24, 2.45) is 5.73 Å². The van der Waals surface area contributed by atoms with Gasteiger partial charge in [-0.25, -0.2) is 0 Å². The van der Waals surface area contributed by atoms with Gasteiger partial charge in [-0.2, -0.15) is 5.26 Å². The molecule has 1 aliphatic rings. The maximum absolute atomic E-state index is 11.2. The predicted molar refractivity (Wildman–Crippen MR) is 44.0 cm³/mol. The molecule has 1 fully saturated rings. The summed E-state index contributed by atoms with van der Waals surface area (Å²) >= 11 is 0. The van der Waals surface area contributed by atoms with Gasteiger partial charge in [0.15, 0.2) is 0 Å². The Hall–Kier alpha value is -1.08. The van der Waals surface area contributed by atoms with Crippen LogP contribution in [0.5, 0.6) is 0 Å². The lowest BCUT2D eigenvalue weighted by Crippen LogP contribution is -2.42. The third-order valence-electron chi connectivity index (χ3n) is 1.99. The standard InChI is InChI=1S/C8H13N3O/c9-5-1-2-6-11-7(12)8(10)3-4-8/h1-4,6,10H2,(H,11,12). The molecule has 1 rings (SSSR count). The lowest BCUT2D eigenvalue weighted by Gasteiger charge is -2.08. The van der Waals surface area contributed by atoms with Crippen molar-refractivity contribution < 1.29 is 4.79 Å². The highest BCUT2D eigenvalue weighted by molar-refractivity contribution is 5.88. The van der Waals surface area contributed by atoms with Crippen molar-refractivity contribution in [1.29, 1.82) is 5.26 Å². The van der Waals surface area contributed by atoms with Crippen LogP contribution in [0.1, 0.15) is 25.7 Å². The van der Waals surface area contributed by atoms with Gasteiger partial charge < -0.3 is 11.1 Å². The molecular weight excluding hydrogens is 154 g/mol. The van der Waals surface area contributed by atoms with Gasteiger partial charge in [0.1, 0.15) is 0 Å². The second-order valence-electron chi connectivity index (χ2n) is 3.17. The fraction of sp³-hybridized carbons (Fsp3) is 0.750. The van der Waals surface area contributed by atoms with E-state index >= 15 is 0 Å². The molecule has 0 spiro atoms. The number of carbonyl (C=O) groups excluding carboxylic acids is 1. The third kappa shape index (κ3) is 2.21. The molecule has 4 nitrogen and oxygen atoms in total. The van der Waals surface area contributed by atoms with E-state index < -0.39 is 5.54 Å². The maximum Gasteiger partial charge on any atom is 0.240 e. The molecule has 3 N–H and O–H groups in total. The zero-order valence-electron chi connectivity index (χ0n) is 6.97. The van der Waals surface area contributed by atoms with Gasteiger partial charge in [-0.1, -0.05) is 0 Å². The molecule has 0 heterocycles. The summed E-state index contributed by atoms with van der Waals surface area (Å²) in [5.74, 6) is -0.0690. The molecule has 0 aromatic carbocycles. The molecule has 0 aliphatic heterocycles. The number of nitrogens with zero attached hydrogens (tertiary/aromatic N) is 1.